The highest BCUT2D eigenvalue weighted by Crippen LogP contribution is 2.26. The Morgan fingerprint density at radius 3 is 2.84 bits per heavy atom. The molecule has 2 heterocycles. The molecular formula is C14H17N3O2. The van der Waals surface area contributed by atoms with Crippen molar-refractivity contribution in [2.24, 2.45) is 0 Å². The Morgan fingerprint density at radius 1 is 1.37 bits per heavy atom. The molecule has 2 atom stereocenters. The monoisotopic (exact) mass is 259 g/mol. The summed E-state index contributed by atoms with van der Waals surface area (Å²) in [4.78, 5) is 4.48. The van der Waals surface area contributed by atoms with E-state index in [0.717, 1.165) is 24.4 Å². The normalized spacial score (nSPS) is 22.8. The third kappa shape index (κ3) is 2.61. The molecule has 1 aromatic heterocycles. The molecule has 0 spiro atoms. The number of aromatic nitrogens is 2. The van der Waals surface area contributed by atoms with Crippen LogP contribution in [-0.2, 0) is 6.42 Å². The summed E-state index contributed by atoms with van der Waals surface area (Å²) >= 11 is 0. The van der Waals surface area contributed by atoms with E-state index in [0.29, 0.717) is 24.2 Å². The lowest BCUT2D eigenvalue weighted by atomic mass is 10.0. The zero-order valence-corrected chi connectivity index (χ0v) is 10.8. The highest BCUT2D eigenvalue weighted by molar-refractivity contribution is 5.27. The molecule has 2 aromatic rings. The summed E-state index contributed by atoms with van der Waals surface area (Å²) in [5, 5.41) is 16.7. The molecule has 100 valence electrons. The Bertz CT molecular complexity index is 550. The van der Waals surface area contributed by atoms with Gasteiger partial charge in [-0.1, -0.05) is 17.3 Å². The fourth-order valence-corrected chi connectivity index (χ4v) is 2.48. The summed E-state index contributed by atoms with van der Waals surface area (Å²) in [5.41, 5.74) is 1.06. The minimum atomic E-state index is 0.267. The number of nitrogens with zero attached hydrogens (tertiary/aromatic N) is 2. The van der Waals surface area contributed by atoms with Crippen LogP contribution in [0.2, 0.25) is 0 Å². The zero-order valence-electron chi connectivity index (χ0n) is 10.8. The molecule has 19 heavy (non-hydrogen) atoms. The Balaban J connectivity index is 1.72. The van der Waals surface area contributed by atoms with Gasteiger partial charge in [0.2, 0.25) is 5.89 Å². The number of nitrogens with one attached hydrogen (secondary N) is 1. The average molecular weight is 259 g/mol. The van der Waals surface area contributed by atoms with Crippen molar-refractivity contribution < 1.29 is 9.63 Å². The lowest BCUT2D eigenvalue weighted by Gasteiger charge is -2.08. The molecule has 3 rings (SSSR count). The van der Waals surface area contributed by atoms with Crippen molar-refractivity contribution in [2.45, 2.75) is 31.7 Å². The fourth-order valence-electron chi connectivity index (χ4n) is 2.48. The molecule has 0 radical (unpaired) electrons. The molecule has 2 N–H and O–H groups in total. The van der Waals surface area contributed by atoms with Gasteiger partial charge in [0.25, 0.3) is 0 Å². The van der Waals surface area contributed by atoms with Gasteiger partial charge in [-0.05, 0) is 37.6 Å². The molecule has 0 aliphatic carbocycles. The van der Waals surface area contributed by atoms with E-state index in [4.69, 9.17) is 4.52 Å². The van der Waals surface area contributed by atoms with E-state index in [-0.39, 0.29) is 5.75 Å². The van der Waals surface area contributed by atoms with Crippen LogP contribution < -0.4 is 5.32 Å². The molecule has 0 saturated carbocycles. The molecular weight excluding hydrogens is 242 g/mol. The quantitative estimate of drug-likeness (QED) is 0.880. The molecule has 2 unspecified atom stereocenters. The Hall–Kier alpha value is -1.88. The molecule has 1 aliphatic rings. The van der Waals surface area contributed by atoms with Crippen LogP contribution in [0, 0.1) is 0 Å². The summed E-state index contributed by atoms with van der Waals surface area (Å²) in [6.45, 7) is 3.14. The van der Waals surface area contributed by atoms with E-state index in [2.05, 4.69) is 22.4 Å². The van der Waals surface area contributed by atoms with Crippen LogP contribution in [0.25, 0.3) is 0 Å². The maximum Gasteiger partial charge on any atom is 0.231 e. The van der Waals surface area contributed by atoms with Gasteiger partial charge in [-0.15, -0.1) is 0 Å². The summed E-state index contributed by atoms with van der Waals surface area (Å²) in [6.07, 6.45) is 1.67. The van der Waals surface area contributed by atoms with E-state index in [1.807, 2.05) is 12.1 Å². The topological polar surface area (TPSA) is 71.2 Å². The first-order chi connectivity index (χ1) is 9.22. The van der Waals surface area contributed by atoms with E-state index in [1.54, 1.807) is 12.1 Å². The summed E-state index contributed by atoms with van der Waals surface area (Å²) in [5.74, 6) is 2.01. The van der Waals surface area contributed by atoms with Crippen molar-refractivity contribution in [3.05, 3.63) is 41.5 Å². The maximum absolute atomic E-state index is 9.24. The first kappa shape index (κ1) is 12.2. The number of hydrogen-bond acceptors (Lipinski definition) is 5. The van der Waals surface area contributed by atoms with Crippen LogP contribution in [0.3, 0.4) is 0 Å². The highest BCUT2D eigenvalue weighted by Gasteiger charge is 2.29. The molecule has 5 nitrogen and oxygen atoms in total. The Labute approximate surface area is 111 Å². The molecule has 1 aromatic carbocycles. The standard InChI is InChI=1S/C14H17N3O2/c1-9-12(6-7-15-9)14-16-13(17-19-14)8-10-2-4-11(18)5-3-10/h2-5,9,12,15,18H,6-8H2,1H3. The van der Waals surface area contributed by atoms with Gasteiger partial charge in [-0.2, -0.15) is 4.98 Å². The first-order valence-electron chi connectivity index (χ1n) is 6.56. The van der Waals surface area contributed by atoms with Crippen LogP contribution >= 0.6 is 0 Å². The van der Waals surface area contributed by atoms with Gasteiger partial charge in [0, 0.05) is 12.5 Å². The smallest absolute Gasteiger partial charge is 0.231 e. The van der Waals surface area contributed by atoms with Crippen LogP contribution in [0.15, 0.2) is 28.8 Å². The predicted molar refractivity (Wildman–Crippen MR) is 70.0 cm³/mol. The van der Waals surface area contributed by atoms with Crippen molar-refractivity contribution in [2.75, 3.05) is 6.54 Å². The van der Waals surface area contributed by atoms with E-state index >= 15 is 0 Å². The first-order valence-corrected chi connectivity index (χ1v) is 6.56. The number of phenols is 1. The lowest BCUT2D eigenvalue weighted by Crippen LogP contribution is -2.21. The predicted octanol–water partition coefficient (Wildman–Crippen LogP) is 1.83. The molecule has 1 saturated heterocycles. The number of aromatic hydroxyl groups is 1. The highest BCUT2D eigenvalue weighted by atomic mass is 16.5. The summed E-state index contributed by atoms with van der Waals surface area (Å²) in [7, 11) is 0. The minimum Gasteiger partial charge on any atom is -0.508 e. The number of rotatable bonds is 3. The minimum absolute atomic E-state index is 0.267. The van der Waals surface area contributed by atoms with Gasteiger partial charge in [0.1, 0.15) is 5.75 Å². The van der Waals surface area contributed by atoms with Crippen molar-refractivity contribution in [3.8, 4) is 5.75 Å². The van der Waals surface area contributed by atoms with Crippen molar-refractivity contribution in [3.63, 3.8) is 0 Å². The third-order valence-corrected chi connectivity index (χ3v) is 3.62. The fraction of sp³-hybridized carbons (Fsp3) is 0.429. The molecule has 0 bridgehead atoms. The Morgan fingerprint density at radius 2 is 2.16 bits per heavy atom. The maximum atomic E-state index is 9.24. The van der Waals surface area contributed by atoms with E-state index < -0.39 is 0 Å². The summed E-state index contributed by atoms with van der Waals surface area (Å²) < 4.78 is 5.36. The lowest BCUT2D eigenvalue weighted by molar-refractivity contribution is 0.342. The Kier molecular flexibility index (Phi) is 3.21. The van der Waals surface area contributed by atoms with E-state index in [9.17, 15) is 5.11 Å². The van der Waals surface area contributed by atoms with Crippen LogP contribution in [0.1, 0.15) is 36.5 Å². The van der Waals surface area contributed by atoms with Crippen LogP contribution in [0.5, 0.6) is 5.75 Å². The second kappa shape index (κ2) is 5.01. The molecule has 1 fully saturated rings. The molecule has 1 aliphatic heterocycles. The number of benzene rings is 1. The van der Waals surface area contributed by atoms with E-state index in [1.165, 1.54) is 0 Å². The summed E-state index contributed by atoms with van der Waals surface area (Å²) in [6, 6.07) is 7.46. The zero-order chi connectivity index (χ0) is 13.2. The van der Waals surface area contributed by atoms with Crippen molar-refractivity contribution in [1.29, 1.82) is 0 Å². The second-order valence-electron chi connectivity index (χ2n) is 5.03. The molecule has 5 heteroatoms. The van der Waals surface area contributed by atoms with Crippen molar-refractivity contribution >= 4 is 0 Å². The number of phenolic OH excluding ortho intramolecular Hbond substituents is 1. The van der Waals surface area contributed by atoms with Gasteiger partial charge in [0.15, 0.2) is 5.82 Å². The van der Waals surface area contributed by atoms with Gasteiger partial charge < -0.3 is 14.9 Å². The second-order valence-corrected chi connectivity index (χ2v) is 5.03. The third-order valence-electron chi connectivity index (χ3n) is 3.62. The van der Waals surface area contributed by atoms with Crippen LogP contribution in [-0.4, -0.2) is 27.8 Å². The van der Waals surface area contributed by atoms with Gasteiger partial charge in [-0.3, -0.25) is 0 Å². The van der Waals surface area contributed by atoms with Gasteiger partial charge >= 0.3 is 0 Å². The van der Waals surface area contributed by atoms with Crippen molar-refractivity contribution in [1.82, 2.24) is 15.5 Å². The van der Waals surface area contributed by atoms with Gasteiger partial charge in [0.05, 0.1) is 5.92 Å². The SMILES string of the molecule is CC1NCCC1c1nc(Cc2ccc(O)cc2)no1. The van der Waals surface area contributed by atoms with Gasteiger partial charge in [-0.25, -0.2) is 0 Å². The van der Waals surface area contributed by atoms with Crippen LogP contribution in [0.4, 0.5) is 0 Å². The molecule has 0 amide bonds. The largest absolute Gasteiger partial charge is 0.508 e. The number of hydrogen-bond donors (Lipinski definition) is 2. The average Bonchev–Trinajstić information content (AvgIpc) is 3.01.